The van der Waals surface area contributed by atoms with Gasteiger partial charge in [-0.1, -0.05) is 0 Å². The van der Waals surface area contributed by atoms with Crippen LogP contribution in [-0.2, 0) is 30.2 Å². The minimum Gasteiger partial charge on any atom is -0.399 e. The van der Waals surface area contributed by atoms with E-state index >= 15 is 0 Å². The Balaban J connectivity index is 1.90. The van der Waals surface area contributed by atoms with Gasteiger partial charge in [-0.25, -0.2) is 0 Å². The maximum Gasteiger partial charge on any atom is 0.498 e. The molecule has 1 aromatic rings. The second-order valence-electron chi connectivity index (χ2n) is 6.50. The standard InChI is InChI=1S/C13H23BN2O5S/c1-12(2)13(3,4)21-14(20-12)11-9-15-16(10-11)7-6-8-19-22(5,17)18/h9-10H,6-8H2,1-5H3. The molecule has 0 aliphatic carbocycles. The Hall–Kier alpha value is -0.895. The van der Waals surface area contributed by atoms with Crippen molar-refractivity contribution in [3.8, 4) is 0 Å². The highest BCUT2D eigenvalue weighted by molar-refractivity contribution is 7.85. The first-order valence-electron chi connectivity index (χ1n) is 7.23. The monoisotopic (exact) mass is 330 g/mol. The average Bonchev–Trinajstić information content (AvgIpc) is 2.87. The van der Waals surface area contributed by atoms with Gasteiger partial charge in [-0.05, 0) is 34.1 Å². The van der Waals surface area contributed by atoms with Crippen molar-refractivity contribution in [2.75, 3.05) is 12.9 Å². The van der Waals surface area contributed by atoms with E-state index in [4.69, 9.17) is 13.5 Å². The quantitative estimate of drug-likeness (QED) is 0.430. The predicted molar refractivity (Wildman–Crippen MR) is 83.4 cm³/mol. The molecule has 0 spiro atoms. The van der Waals surface area contributed by atoms with Gasteiger partial charge in [-0.3, -0.25) is 8.86 Å². The van der Waals surface area contributed by atoms with E-state index in [0.717, 1.165) is 11.7 Å². The highest BCUT2D eigenvalue weighted by Gasteiger charge is 2.52. The van der Waals surface area contributed by atoms with Crippen molar-refractivity contribution >= 4 is 22.7 Å². The highest BCUT2D eigenvalue weighted by atomic mass is 32.2. The molecule has 0 amide bonds. The number of nitrogens with zero attached hydrogens (tertiary/aromatic N) is 2. The Kier molecular flexibility index (Phi) is 4.73. The summed E-state index contributed by atoms with van der Waals surface area (Å²) in [5.74, 6) is 0. The van der Waals surface area contributed by atoms with Gasteiger partial charge in [0.25, 0.3) is 10.1 Å². The first-order valence-corrected chi connectivity index (χ1v) is 9.04. The van der Waals surface area contributed by atoms with Gasteiger partial charge >= 0.3 is 7.12 Å². The molecule has 0 radical (unpaired) electrons. The molecule has 1 aromatic heterocycles. The number of aromatic nitrogens is 2. The highest BCUT2D eigenvalue weighted by Crippen LogP contribution is 2.36. The van der Waals surface area contributed by atoms with E-state index < -0.39 is 17.2 Å². The van der Waals surface area contributed by atoms with Crippen molar-refractivity contribution in [2.24, 2.45) is 0 Å². The molecule has 0 atom stereocenters. The molecule has 1 saturated heterocycles. The Morgan fingerprint density at radius 3 is 2.41 bits per heavy atom. The van der Waals surface area contributed by atoms with E-state index in [1.165, 1.54) is 0 Å². The van der Waals surface area contributed by atoms with Crippen LogP contribution in [-0.4, -0.2) is 49.4 Å². The van der Waals surface area contributed by atoms with Gasteiger partial charge in [-0.15, -0.1) is 0 Å². The van der Waals surface area contributed by atoms with Crippen molar-refractivity contribution in [3.63, 3.8) is 0 Å². The summed E-state index contributed by atoms with van der Waals surface area (Å²) in [6, 6.07) is 0. The Labute approximate surface area is 132 Å². The summed E-state index contributed by atoms with van der Waals surface area (Å²) < 4.78 is 40.1. The van der Waals surface area contributed by atoms with Crippen LogP contribution in [0.2, 0.25) is 0 Å². The van der Waals surface area contributed by atoms with Crippen molar-refractivity contribution in [1.29, 1.82) is 0 Å². The second-order valence-corrected chi connectivity index (χ2v) is 8.15. The van der Waals surface area contributed by atoms with Gasteiger partial charge in [0.1, 0.15) is 0 Å². The van der Waals surface area contributed by atoms with Crippen molar-refractivity contribution in [1.82, 2.24) is 9.78 Å². The van der Waals surface area contributed by atoms with E-state index in [-0.39, 0.29) is 17.8 Å². The molecule has 2 heterocycles. The van der Waals surface area contributed by atoms with Gasteiger partial charge in [0, 0.05) is 24.4 Å². The van der Waals surface area contributed by atoms with Crippen molar-refractivity contribution < 1.29 is 21.9 Å². The molecule has 0 aromatic carbocycles. The average molecular weight is 330 g/mol. The lowest BCUT2D eigenvalue weighted by Crippen LogP contribution is -2.41. The fraction of sp³-hybridized carbons (Fsp3) is 0.769. The zero-order chi connectivity index (χ0) is 16.6. The maximum atomic E-state index is 10.9. The van der Waals surface area contributed by atoms with Crippen LogP contribution < -0.4 is 5.46 Å². The summed E-state index contributed by atoms with van der Waals surface area (Å²) in [7, 11) is -3.82. The number of hydrogen-bond donors (Lipinski definition) is 0. The lowest BCUT2D eigenvalue weighted by atomic mass is 9.82. The third kappa shape index (κ3) is 4.10. The summed E-state index contributed by atoms with van der Waals surface area (Å²) in [6.45, 7) is 8.71. The maximum absolute atomic E-state index is 10.9. The van der Waals surface area contributed by atoms with Gasteiger partial charge in [0.2, 0.25) is 0 Å². The van der Waals surface area contributed by atoms with Gasteiger partial charge in [-0.2, -0.15) is 13.5 Å². The van der Waals surface area contributed by atoms with Crippen molar-refractivity contribution in [3.05, 3.63) is 12.4 Å². The molecular formula is C13H23BN2O5S. The molecule has 1 fully saturated rings. The first-order chi connectivity index (χ1) is 10.0. The summed E-state index contributed by atoms with van der Waals surface area (Å²) in [5.41, 5.74) is 0.0781. The largest absolute Gasteiger partial charge is 0.498 e. The second kappa shape index (κ2) is 5.95. The van der Waals surface area contributed by atoms with Crippen LogP contribution in [0.4, 0.5) is 0 Å². The molecular weight excluding hydrogens is 307 g/mol. The Bertz CT molecular complexity index is 610. The topological polar surface area (TPSA) is 79.7 Å². The lowest BCUT2D eigenvalue weighted by molar-refractivity contribution is 0.00578. The van der Waals surface area contributed by atoms with Crippen LogP contribution in [0.5, 0.6) is 0 Å². The minimum atomic E-state index is -3.38. The molecule has 0 saturated carbocycles. The zero-order valence-electron chi connectivity index (χ0n) is 13.7. The minimum absolute atomic E-state index is 0.143. The number of rotatable bonds is 6. The summed E-state index contributed by atoms with van der Waals surface area (Å²) >= 11 is 0. The molecule has 7 nitrogen and oxygen atoms in total. The Morgan fingerprint density at radius 2 is 1.86 bits per heavy atom. The fourth-order valence-electron chi connectivity index (χ4n) is 2.04. The fourth-order valence-corrected chi connectivity index (χ4v) is 2.46. The van der Waals surface area contributed by atoms with E-state index in [9.17, 15) is 8.42 Å². The summed E-state index contributed by atoms with van der Waals surface area (Å²) in [4.78, 5) is 0. The molecule has 124 valence electrons. The summed E-state index contributed by atoms with van der Waals surface area (Å²) in [5, 5.41) is 4.24. The normalized spacial score (nSPS) is 20.5. The van der Waals surface area contributed by atoms with E-state index in [0.29, 0.717) is 13.0 Å². The van der Waals surface area contributed by atoms with Crippen LogP contribution >= 0.6 is 0 Å². The van der Waals surface area contributed by atoms with Crippen LogP contribution in [0.3, 0.4) is 0 Å². The molecule has 0 bridgehead atoms. The van der Waals surface area contributed by atoms with E-state index in [2.05, 4.69) is 5.10 Å². The Morgan fingerprint density at radius 1 is 1.27 bits per heavy atom. The zero-order valence-corrected chi connectivity index (χ0v) is 14.5. The van der Waals surface area contributed by atoms with E-state index in [1.807, 2.05) is 33.9 Å². The number of hydrogen-bond acceptors (Lipinski definition) is 6. The first kappa shape index (κ1) is 17.5. The van der Waals surface area contributed by atoms with Crippen molar-refractivity contribution in [2.45, 2.75) is 51.9 Å². The van der Waals surface area contributed by atoms with Crippen LogP contribution in [0.25, 0.3) is 0 Å². The van der Waals surface area contributed by atoms with E-state index in [1.54, 1.807) is 10.9 Å². The lowest BCUT2D eigenvalue weighted by Gasteiger charge is -2.32. The molecule has 0 N–H and O–H groups in total. The smallest absolute Gasteiger partial charge is 0.399 e. The van der Waals surface area contributed by atoms with Crippen LogP contribution in [0, 0.1) is 0 Å². The third-order valence-corrected chi connectivity index (χ3v) is 4.60. The number of aryl methyl sites for hydroxylation is 1. The molecule has 0 unspecified atom stereocenters. The third-order valence-electron chi connectivity index (χ3n) is 4.01. The molecule has 22 heavy (non-hydrogen) atoms. The summed E-state index contributed by atoms with van der Waals surface area (Å²) in [6.07, 6.45) is 5.15. The van der Waals surface area contributed by atoms with Gasteiger partial charge in [0.05, 0.1) is 24.1 Å². The van der Waals surface area contributed by atoms with Crippen LogP contribution in [0.1, 0.15) is 34.1 Å². The SMILES string of the molecule is CC1(C)OB(c2cnn(CCCOS(C)(=O)=O)c2)OC1(C)C. The van der Waals surface area contributed by atoms with Gasteiger partial charge < -0.3 is 9.31 Å². The molecule has 1 aliphatic heterocycles. The van der Waals surface area contributed by atoms with Gasteiger partial charge in [0.15, 0.2) is 0 Å². The molecule has 2 rings (SSSR count). The molecule has 9 heteroatoms. The van der Waals surface area contributed by atoms with Crippen LogP contribution in [0.15, 0.2) is 12.4 Å². The molecule has 1 aliphatic rings. The predicted octanol–water partition coefficient (Wildman–Crippen LogP) is 0.549.